The Morgan fingerprint density at radius 1 is 0.775 bits per heavy atom. The molecule has 0 unspecified atom stereocenters. The Labute approximate surface area is 239 Å². The molecule has 0 aliphatic rings. The molecule has 0 N–H and O–H groups in total. The lowest BCUT2D eigenvalue weighted by Gasteiger charge is -2.27. The van der Waals surface area contributed by atoms with Gasteiger partial charge in [0, 0.05) is 47.7 Å². The highest BCUT2D eigenvalue weighted by atomic mass is 16.5. The van der Waals surface area contributed by atoms with Crippen LogP contribution in [0.5, 0.6) is 17.2 Å². The second-order valence-corrected chi connectivity index (χ2v) is 10.2. The van der Waals surface area contributed by atoms with Gasteiger partial charge in [0.2, 0.25) is 5.75 Å². The predicted molar refractivity (Wildman–Crippen MR) is 166 cm³/mol. The summed E-state index contributed by atoms with van der Waals surface area (Å²) in [7, 11) is 5.00. The number of anilines is 1. The lowest BCUT2D eigenvalue weighted by molar-refractivity contribution is 0.297. The van der Waals surface area contributed by atoms with Crippen LogP contribution in [0.1, 0.15) is 52.0 Å². The van der Waals surface area contributed by atoms with Crippen molar-refractivity contribution in [3.63, 3.8) is 0 Å². The first-order valence-corrected chi connectivity index (χ1v) is 14.7. The summed E-state index contributed by atoms with van der Waals surface area (Å²) in [5.41, 5.74) is 3.52. The topological polar surface area (TPSA) is 52.0 Å². The van der Waals surface area contributed by atoms with Gasteiger partial charge in [-0.15, -0.1) is 0 Å². The normalized spacial score (nSPS) is 11.5. The standard InChI is InChI=1S/C33H46N4O3/c1-7-10-23-37-28-16-12-11-15-26(28)27-19-20-34-33(30(27)37)36(22-14-13-21-35(8-2)9-3)24-25-17-18-29(38-4)32(40-6)31(25)39-5/h11-12,15-20H,7-10,13-14,21-24H2,1-6H3. The molecular formula is C33H46N4O3. The number of hydrogen-bond donors (Lipinski definition) is 0. The van der Waals surface area contributed by atoms with Crippen LogP contribution in [0.4, 0.5) is 5.82 Å². The number of benzene rings is 2. The molecule has 0 saturated carbocycles. The van der Waals surface area contributed by atoms with E-state index < -0.39 is 0 Å². The molecule has 0 fully saturated rings. The van der Waals surface area contributed by atoms with Gasteiger partial charge in [-0.3, -0.25) is 0 Å². The third-order valence-electron chi connectivity index (χ3n) is 7.89. The van der Waals surface area contributed by atoms with Crippen LogP contribution in [0.2, 0.25) is 0 Å². The van der Waals surface area contributed by atoms with E-state index in [1.54, 1.807) is 21.3 Å². The van der Waals surface area contributed by atoms with Crippen molar-refractivity contribution in [3.8, 4) is 17.2 Å². The minimum absolute atomic E-state index is 0.618. The van der Waals surface area contributed by atoms with Gasteiger partial charge in [0.1, 0.15) is 0 Å². The minimum atomic E-state index is 0.618. The Morgan fingerprint density at radius 3 is 2.23 bits per heavy atom. The molecule has 4 rings (SSSR count). The number of unbranched alkanes of at least 4 members (excludes halogenated alkanes) is 2. The molecule has 40 heavy (non-hydrogen) atoms. The number of fused-ring (bicyclic) bond motifs is 3. The number of para-hydroxylation sites is 1. The van der Waals surface area contributed by atoms with Crippen LogP contribution in [0, 0.1) is 0 Å². The minimum Gasteiger partial charge on any atom is -0.493 e. The summed E-state index contributed by atoms with van der Waals surface area (Å²) < 4.78 is 19.6. The van der Waals surface area contributed by atoms with Crippen molar-refractivity contribution in [3.05, 3.63) is 54.2 Å². The van der Waals surface area contributed by atoms with Gasteiger partial charge in [-0.1, -0.05) is 45.4 Å². The van der Waals surface area contributed by atoms with Gasteiger partial charge in [0.15, 0.2) is 17.3 Å². The van der Waals surface area contributed by atoms with Crippen LogP contribution in [0.25, 0.3) is 21.8 Å². The zero-order chi connectivity index (χ0) is 28.5. The molecule has 0 saturated heterocycles. The van der Waals surface area contributed by atoms with Crippen LogP contribution in [0.3, 0.4) is 0 Å². The maximum atomic E-state index is 5.88. The van der Waals surface area contributed by atoms with Gasteiger partial charge in [-0.2, -0.15) is 0 Å². The van der Waals surface area contributed by atoms with Gasteiger partial charge >= 0.3 is 0 Å². The first-order chi connectivity index (χ1) is 19.6. The van der Waals surface area contributed by atoms with E-state index in [0.717, 1.165) is 69.8 Å². The average molecular weight is 547 g/mol. The van der Waals surface area contributed by atoms with E-state index in [1.165, 1.54) is 21.8 Å². The molecule has 0 atom stereocenters. The summed E-state index contributed by atoms with van der Waals surface area (Å²) in [4.78, 5) is 9.96. The Hall–Kier alpha value is -3.45. The molecule has 216 valence electrons. The Balaban J connectivity index is 1.80. The highest BCUT2D eigenvalue weighted by Gasteiger charge is 2.22. The first kappa shape index (κ1) is 29.5. The maximum Gasteiger partial charge on any atom is 0.203 e. The summed E-state index contributed by atoms with van der Waals surface area (Å²) in [5.74, 6) is 3.00. The van der Waals surface area contributed by atoms with Gasteiger partial charge in [0.05, 0.1) is 26.8 Å². The van der Waals surface area contributed by atoms with Crippen LogP contribution >= 0.6 is 0 Å². The van der Waals surface area contributed by atoms with E-state index in [-0.39, 0.29) is 0 Å². The van der Waals surface area contributed by atoms with Crippen molar-refractivity contribution in [2.75, 3.05) is 52.4 Å². The number of aromatic nitrogens is 2. The van der Waals surface area contributed by atoms with Crippen molar-refractivity contribution >= 4 is 27.6 Å². The SMILES string of the molecule is CCCCn1c2ccccc2c2ccnc(N(CCCCN(CC)CC)Cc3ccc(OC)c(OC)c3OC)c21. The van der Waals surface area contributed by atoms with E-state index in [4.69, 9.17) is 19.2 Å². The Kier molecular flexibility index (Phi) is 10.5. The van der Waals surface area contributed by atoms with Gasteiger partial charge < -0.3 is 28.6 Å². The van der Waals surface area contributed by atoms with E-state index in [9.17, 15) is 0 Å². The van der Waals surface area contributed by atoms with Crippen molar-refractivity contribution < 1.29 is 14.2 Å². The summed E-state index contributed by atoms with van der Waals surface area (Å²) in [6.07, 6.45) is 6.43. The summed E-state index contributed by atoms with van der Waals surface area (Å²) in [6.45, 7) is 12.5. The molecule has 2 aromatic heterocycles. The first-order valence-electron chi connectivity index (χ1n) is 14.7. The third-order valence-corrected chi connectivity index (χ3v) is 7.89. The van der Waals surface area contributed by atoms with E-state index in [0.29, 0.717) is 23.8 Å². The second-order valence-electron chi connectivity index (χ2n) is 10.2. The molecule has 7 nitrogen and oxygen atoms in total. The molecule has 0 bridgehead atoms. The molecule has 4 aromatic rings. The number of rotatable bonds is 16. The average Bonchev–Trinajstić information content (AvgIpc) is 3.32. The quantitative estimate of drug-likeness (QED) is 0.139. The summed E-state index contributed by atoms with van der Waals surface area (Å²) >= 11 is 0. The molecule has 0 aliphatic carbocycles. The van der Waals surface area contributed by atoms with Crippen molar-refractivity contribution in [2.24, 2.45) is 0 Å². The van der Waals surface area contributed by atoms with Gasteiger partial charge in [-0.25, -0.2) is 4.98 Å². The van der Waals surface area contributed by atoms with Crippen molar-refractivity contribution in [1.29, 1.82) is 0 Å². The molecule has 0 amide bonds. The van der Waals surface area contributed by atoms with Crippen LogP contribution in [0.15, 0.2) is 48.7 Å². The maximum absolute atomic E-state index is 5.88. The fourth-order valence-corrected chi connectivity index (χ4v) is 5.69. The monoisotopic (exact) mass is 546 g/mol. The number of aryl methyl sites for hydroxylation is 1. The van der Waals surface area contributed by atoms with E-state index >= 15 is 0 Å². The second kappa shape index (κ2) is 14.3. The lowest BCUT2D eigenvalue weighted by atomic mass is 10.1. The molecular weight excluding hydrogens is 500 g/mol. The third kappa shape index (κ3) is 6.15. The molecule has 0 radical (unpaired) electrons. The Bertz CT molecular complexity index is 1380. The van der Waals surface area contributed by atoms with Gasteiger partial charge in [0.25, 0.3) is 0 Å². The molecule has 2 heterocycles. The van der Waals surface area contributed by atoms with Crippen LogP contribution in [-0.4, -0.2) is 62.0 Å². The highest BCUT2D eigenvalue weighted by molar-refractivity contribution is 6.11. The van der Waals surface area contributed by atoms with Crippen LogP contribution < -0.4 is 19.1 Å². The zero-order valence-electron chi connectivity index (χ0n) is 25.2. The van der Waals surface area contributed by atoms with E-state index in [1.807, 2.05) is 12.3 Å². The summed E-state index contributed by atoms with van der Waals surface area (Å²) in [6, 6.07) is 14.9. The molecule has 0 aliphatic heterocycles. The van der Waals surface area contributed by atoms with Crippen molar-refractivity contribution in [1.82, 2.24) is 14.5 Å². The van der Waals surface area contributed by atoms with E-state index in [2.05, 4.69) is 71.5 Å². The zero-order valence-corrected chi connectivity index (χ0v) is 25.2. The molecule has 7 heteroatoms. The van der Waals surface area contributed by atoms with Gasteiger partial charge in [-0.05, 0) is 63.2 Å². The lowest BCUT2D eigenvalue weighted by Crippen LogP contribution is -2.28. The number of nitrogens with zero attached hydrogens (tertiary/aromatic N) is 4. The fourth-order valence-electron chi connectivity index (χ4n) is 5.69. The van der Waals surface area contributed by atoms with Crippen LogP contribution in [-0.2, 0) is 13.1 Å². The predicted octanol–water partition coefficient (Wildman–Crippen LogP) is 7.14. The molecule has 2 aromatic carbocycles. The number of pyridine rings is 1. The largest absolute Gasteiger partial charge is 0.493 e. The van der Waals surface area contributed by atoms with Crippen molar-refractivity contribution in [2.45, 2.75) is 59.5 Å². The number of methoxy groups -OCH3 is 3. The summed E-state index contributed by atoms with van der Waals surface area (Å²) in [5, 5.41) is 2.53. The fraction of sp³-hybridized carbons (Fsp3) is 0.485. The number of ether oxygens (including phenoxy) is 3. The highest BCUT2D eigenvalue weighted by Crippen LogP contribution is 2.41. The Morgan fingerprint density at radius 2 is 1.52 bits per heavy atom. The smallest absolute Gasteiger partial charge is 0.203 e. The number of hydrogen-bond acceptors (Lipinski definition) is 6. The molecule has 0 spiro atoms.